The highest BCUT2D eigenvalue weighted by Crippen LogP contribution is 2.40. The predicted octanol–water partition coefficient (Wildman–Crippen LogP) is 2.45. The number of nitrogens with zero attached hydrogens (tertiary/aromatic N) is 1. The van der Waals surface area contributed by atoms with Crippen LogP contribution < -0.4 is 15.4 Å². The Morgan fingerprint density at radius 2 is 2.14 bits per heavy atom. The van der Waals surface area contributed by atoms with Gasteiger partial charge in [0, 0.05) is 30.8 Å². The van der Waals surface area contributed by atoms with Crippen LogP contribution in [0.3, 0.4) is 0 Å². The SMILES string of the molecule is COc1cc(CNC(=O)NC2CC2c2ccccc2)ccn1. The number of carbonyl (C=O) groups excluding carboxylic acids is 1. The van der Waals surface area contributed by atoms with Crippen LogP contribution >= 0.6 is 0 Å². The second kappa shape index (κ2) is 6.47. The third-order valence-corrected chi connectivity index (χ3v) is 3.80. The fraction of sp³-hybridized carbons (Fsp3) is 0.294. The molecule has 1 heterocycles. The molecule has 1 aromatic carbocycles. The van der Waals surface area contributed by atoms with Gasteiger partial charge < -0.3 is 15.4 Å². The summed E-state index contributed by atoms with van der Waals surface area (Å²) in [5.41, 5.74) is 2.24. The van der Waals surface area contributed by atoms with E-state index in [2.05, 4.69) is 27.8 Å². The van der Waals surface area contributed by atoms with Crippen molar-refractivity contribution in [3.05, 3.63) is 59.8 Å². The molecular formula is C17H19N3O2. The van der Waals surface area contributed by atoms with Crippen molar-refractivity contribution in [1.29, 1.82) is 0 Å². The maximum Gasteiger partial charge on any atom is 0.315 e. The lowest BCUT2D eigenvalue weighted by Gasteiger charge is -2.08. The molecule has 3 rings (SSSR count). The van der Waals surface area contributed by atoms with Gasteiger partial charge in [-0.05, 0) is 23.6 Å². The summed E-state index contributed by atoms with van der Waals surface area (Å²) in [5.74, 6) is 0.985. The van der Waals surface area contributed by atoms with Gasteiger partial charge in [0.2, 0.25) is 5.88 Å². The van der Waals surface area contributed by atoms with Gasteiger partial charge in [-0.2, -0.15) is 0 Å². The van der Waals surface area contributed by atoms with Crippen LogP contribution in [0.15, 0.2) is 48.7 Å². The number of methoxy groups -OCH3 is 1. The van der Waals surface area contributed by atoms with E-state index in [-0.39, 0.29) is 12.1 Å². The van der Waals surface area contributed by atoms with Crippen molar-refractivity contribution in [1.82, 2.24) is 15.6 Å². The molecule has 5 nitrogen and oxygen atoms in total. The van der Waals surface area contributed by atoms with E-state index in [4.69, 9.17) is 4.74 Å². The summed E-state index contributed by atoms with van der Waals surface area (Å²) in [4.78, 5) is 16.0. The van der Waals surface area contributed by atoms with Crippen molar-refractivity contribution in [2.45, 2.75) is 24.9 Å². The van der Waals surface area contributed by atoms with Crippen LogP contribution in [-0.4, -0.2) is 24.2 Å². The third-order valence-electron chi connectivity index (χ3n) is 3.80. The lowest BCUT2D eigenvalue weighted by Crippen LogP contribution is -2.36. The number of hydrogen-bond donors (Lipinski definition) is 2. The molecule has 2 unspecified atom stereocenters. The van der Waals surface area contributed by atoms with E-state index in [1.807, 2.05) is 30.3 Å². The fourth-order valence-electron chi connectivity index (χ4n) is 2.50. The van der Waals surface area contributed by atoms with E-state index in [1.165, 1.54) is 5.56 Å². The molecule has 2 N–H and O–H groups in total. The van der Waals surface area contributed by atoms with E-state index < -0.39 is 0 Å². The number of aromatic nitrogens is 1. The number of rotatable bonds is 5. The summed E-state index contributed by atoms with van der Waals surface area (Å²) in [6, 6.07) is 14.0. The van der Waals surface area contributed by atoms with E-state index in [1.54, 1.807) is 13.3 Å². The normalized spacial score (nSPS) is 19.3. The highest BCUT2D eigenvalue weighted by molar-refractivity contribution is 5.74. The first-order valence-corrected chi connectivity index (χ1v) is 7.34. The second-order valence-corrected chi connectivity index (χ2v) is 5.39. The first-order chi connectivity index (χ1) is 10.8. The number of benzene rings is 1. The van der Waals surface area contributed by atoms with E-state index >= 15 is 0 Å². The van der Waals surface area contributed by atoms with Crippen molar-refractivity contribution in [3.63, 3.8) is 0 Å². The van der Waals surface area contributed by atoms with Gasteiger partial charge in [-0.1, -0.05) is 30.3 Å². The first-order valence-electron chi connectivity index (χ1n) is 7.34. The van der Waals surface area contributed by atoms with Gasteiger partial charge in [0.05, 0.1) is 7.11 Å². The van der Waals surface area contributed by atoms with Crippen LogP contribution in [-0.2, 0) is 6.54 Å². The number of carbonyl (C=O) groups is 1. The molecular weight excluding hydrogens is 278 g/mol. The molecule has 0 bridgehead atoms. The zero-order valence-electron chi connectivity index (χ0n) is 12.5. The number of hydrogen-bond acceptors (Lipinski definition) is 3. The van der Waals surface area contributed by atoms with Crippen molar-refractivity contribution in [3.8, 4) is 5.88 Å². The van der Waals surface area contributed by atoms with Gasteiger partial charge in [-0.25, -0.2) is 9.78 Å². The Morgan fingerprint density at radius 3 is 2.91 bits per heavy atom. The molecule has 0 spiro atoms. The van der Waals surface area contributed by atoms with Crippen LogP contribution in [0, 0.1) is 0 Å². The maximum absolute atomic E-state index is 11.9. The van der Waals surface area contributed by atoms with E-state index in [9.17, 15) is 4.79 Å². The summed E-state index contributed by atoms with van der Waals surface area (Å²) in [6.07, 6.45) is 2.67. The summed E-state index contributed by atoms with van der Waals surface area (Å²) in [5, 5.41) is 5.86. The second-order valence-electron chi connectivity index (χ2n) is 5.39. The number of pyridine rings is 1. The molecule has 1 saturated carbocycles. The lowest BCUT2D eigenvalue weighted by molar-refractivity contribution is 0.240. The average molecular weight is 297 g/mol. The quantitative estimate of drug-likeness (QED) is 0.891. The van der Waals surface area contributed by atoms with Crippen molar-refractivity contribution in [2.24, 2.45) is 0 Å². The maximum atomic E-state index is 11.9. The predicted molar refractivity (Wildman–Crippen MR) is 83.7 cm³/mol. The highest BCUT2D eigenvalue weighted by Gasteiger charge is 2.39. The minimum atomic E-state index is -0.140. The Bertz CT molecular complexity index is 645. The Kier molecular flexibility index (Phi) is 4.23. The largest absolute Gasteiger partial charge is 0.481 e. The Labute approximate surface area is 129 Å². The minimum absolute atomic E-state index is 0.140. The molecule has 0 radical (unpaired) electrons. The minimum Gasteiger partial charge on any atom is -0.481 e. The van der Waals surface area contributed by atoms with Gasteiger partial charge in [0.1, 0.15) is 0 Å². The highest BCUT2D eigenvalue weighted by atomic mass is 16.5. The molecule has 1 aliphatic rings. The molecule has 0 aliphatic heterocycles. The molecule has 114 valence electrons. The van der Waals surface area contributed by atoms with Gasteiger partial charge in [-0.15, -0.1) is 0 Å². The zero-order chi connectivity index (χ0) is 15.4. The number of amides is 2. The molecule has 1 aliphatic carbocycles. The molecule has 2 amide bonds. The van der Waals surface area contributed by atoms with Crippen LogP contribution in [0.1, 0.15) is 23.5 Å². The molecule has 1 fully saturated rings. The smallest absolute Gasteiger partial charge is 0.315 e. The fourth-order valence-corrected chi connectivity index (χ4v) is 2.50. The third kappa shape index (κ3) is 3.55. The monoisotopic (exact) mass is 297 g/mol. The summed E-state index contributed by atoms with van der Waals surface area (Å²) in [6.45, 7) is 0.452. The molecule has 2 aromatic rings. The first kappa shape index (κ1) is 14.4. The molecule has 5 heteroatoms. The Morgan fingerprint density at radius 1 is 1.32 bits per heavy atom. The van der Waals surface area contributed by atoms with Crippen LogP contribution in [0.25, 0.3) is 0 Å². The van der Waals surface area contributed by atoms with Gasteiger partial charge in [0.15, 0.2) is 0 Å². The van der Waals surface area contributed by atoms with Crippen molar-refractivity contribution in [2.75, 3.05) is 7.11 Å². The van der Waals surface area contributed by atoms with Crippen LogP contribution in [0.2, 0.25) is 0 Å². The number of urea groups is 1. The van der Waals surface area contributed by atoms with Crippen molar-refractivity contribution >= 4 is 6.03 Å². The van der Waals surface area contributed by atoms with E-state index in [0.717, 1.165) is 12.0 Å². The van der Waals surface area contributed by atoms with Gasteiger partial charge >= 0.3 is 6.03 Å². The van der Waals surface area contributed by atoms with Crippen LogP contribution in [0.4, 0.5) is 4.79 Å². The Hall–Kier alpha value is -2.56. The van der Waals surface area contributed by atoms with Crippen molar-refractivity contribution < 1.29 is 9.53 Å². The molecule has 0 saturated heterocycles. The van der Waals surface area contributed by atoms with Gasteiger partial charge in [-0.3, -0.25) is 0 Å². The standard InChI is InChI=1S/C17H19N3O2/c1-22-16-9-12(7-8-18-16)11-19-17(21)20-15-10-14(15)13-5-3-2-4-6-13/h2-9,14-15H,10-11H2,1H3,(H2,19,20,21). The van der Waals surface area contributed by atoms with Crippen LogP contribution in [0.5, 0.6) is 5.88 Å². The molecule has 1 aromatic heterocycles. The average Bonchev–Trinajstić information content (AvgIpc) is 3.33. The molecule has 22 heavy (non-hydrogen) atoms. The number of nitrogens with one attached hydrogen (secondary N) is 2. The molecule has 2 atom stereocenters. The zero-order valence-corrected chi connectivity index (χ0v) is 12.5. The topological polar surface area (TPSA) is 63.2 Å². The lowest BCUT2D eigenvalue weighted by atomic mass is 10.1. The summed E-state index contributed by atoms with van der Waals surface area (Å²) >= 11 is 0. The summed E-state index contributed by atoms with van der Waals surface area (Å²) < 4.78 is 5.06. The number of ether oxygens (including phenoxy) is 1. The summed E-state index contributed by atoms with van der Waals surface area (Å²) in [7, 11) is 1.57. The Balaban J connectivity index is 1.46. The van der Waals surface area contributed by atoms with E-state index in [0.29, 0.717) is 18.3 Å². The van der Waals surface area contributed by atoms with Gasteiger partial charge in [0.25, 0.3) is 0 Å².